The summed E-state index contributed by atoms with van der Waals surface area (Å²) in [6, 6.07) is 9.47. The van der Waals surface area contributed by atoms with E-state index in [-0.39, 0.29) is 22.9 Å². The zero-order valence-electron chi connectivity index (χ0n) is 13.5. The molecule has 24 heavy (non-hydrogen) atoms. The van der Waals surface area contributed by atoms with E-state index >= 15 is 0 Å². The van der Waals surface area contributed by atoms with Gasteiger partial charge in [-0.2, -0.15) is 5.26 Å². The maximum Gasteiger partial charge on any atom is 0.333 e. The first-order valence-electron chi connectivity index (χ1n) is 7.31. The second-order valence-electron chi connectivity index (χ2n) is 5.71. The first-order valence-corrected chi connectivity index (χ1v) is 7.31. The lowest BCUT2D eigenvalue weighted by Gasteiger charge is -2.28. The van der Waals surface area contributed by atoms with Gasteiger partial charge in [0, 0.05) is 14.1 Å². The van der Waals surface area contributed by atoms with Crippen molar-refractivity contribution in [2.45, 2.75) is 12.8 Å². The van der Waals surface area contributed by atoms with Crippen LogP contribution in [0.25, 0.3) is 0 Å². The second kappa shape index (κ2) is 5.42. The number of rotatable bonds is 1. The third-order valence-corrected chi connectivity index (χ3v) is 4.31. The molecule has 1 aliphatic rings. The Labute approximate surface area is 137 Å². The van der Waals surface area contributed by atoms with Crippen LogP contribution < -0.4 is 21.7 Å². The number of hydrogen-bond acceptors (Lipinski definition) is 5. The number of nitrogens with zero attached hydrogens (tertiary/aromatic N) is 3. The molecule has 2 N–H and O–H groups in total. The number of aryl methyl sites for hydroxylation is 1. The maximum absolute atomic E-state index is 12.7. The highest BCUT2D eigenvalue weighted by atomic mass is 16.5. The van der Waals surface area contributed by atoms with Crippen LogP contribution in [0.5, 0.6) is 5.88 Å². The van der Waals surface area contributed by atoms with E-state index in [1.54, 1.807) is 0 Å². The van der Waals surface area contributed by atoms with E-state index in [0.717, 1.165) is 15.7 Å². The monoisotopic (exact) mass is 324 g/mol. The van der Waals surface area contributed by atoms with Crippen LogP contribution in [0.3, 0.4) is 0 Å². The molecule has 1 aliphatic heterocycles. The summed E-state index contributed by atoms with van der Waals surface area (Å²) in [5.41, 5.74) is 6.96. The van der Waals surface area contributed by atoms with Crippen LogP contribution in [-0.2, 0) is 14.1 Å². The number of aromatic nitrogens is 2. The first-order chi connectivity index (χ1) is 11.4. The molecule has 3 rings (SSSR count). The van der Waals surface area contributed by atoms with Crippen molar-refractivity contribution in [1.29, 1.82) is 5.26 Å². The minimum atomic E-state index is -0.676. The van der Waals surface area contributed by atoms with Crippen molar-refractivity contribution in [3.05, 3.63) is 73.3 Å². The third-order valence-electron chi connectivity index (χ3n) is 4.31. The van der Waals surface area contributed by atoms with Crippen LogP contribution in [0.1, 0.15) is 22.6 Å². The molecule has 7 nitrogen and oxygen atoms in total. The summed E-state index contributed by atoms with van der Waals surface area (Å²) in [5.74, 6) is -0.695. The fourth-order valence-corrected chi connectivity index (χ4v) is 3.01. The number of ether oxygens (including phenoxy) is 1. The van der Waals surface area contributed by atoms with Gasteiger partial charge in [0.1, 0.15) is 11.6 Å². The summed E-state index contributed by atoms with van der Waals surface area (Å²) in [6.07, 6.45) is 0. The standard InChI is InChI=1S/C17H16N4O3/c1-9-6-4-5-7-10(9)12-11(8-18)14(19)24-16-13(12)15(22)20(2)17(23)21(16)3/h4-7,12H,19H2,1-3H3/t12-/m0/s1. The summed E-state index contributed by atoms with van der Waals surface area (Å²) in [6.45, 7) is 1.89. The lowest BCUT2D eigenvalue weighted by Crippen LogP contribution is -2.42. The Bertz CT molecular complexity index is 1040. The molecule has 1 aromatic carbocycles. The molecule has 1 atom stereocenters. The van der Waals surface area contributed by atoms with E-state index in [1.165, 1.54) is 18.7 Å². The Hall–Kier alpha value is -3.27. The number of hydrogen-bond donors (Lipinski definition) is 1. The molecule has 0 unspecified atom stereocenters. The predicted octanol–water partition coefficient (Wildman–Crippen LogP) is 0.611. The molecule has 0 aliphatic carbocycles. The largest absolute Gasteiger partial charge is 0.423 e. The number of benzene rings is 1. The van der Waals surface area contributed by atoms with Crippen molar-refractivity contribution in [1.82, 2.24) is 9.13 Å². The van der Waals surface area contributed by atoms with Crippen molar-refractivity contribution in [2.75, 3.05) is 0 Å². The van der Waals surface area contributed by atoms with Gasteiger partial charge in [0.05, 0.1) is 11.5 Å². The molecule has 0 fully saturated rings. The molecule has 0 amide bonds. The van der Waals surface area contributed by atoms with Gasteiger partial charge >= 0.3 is 5.69 Å². The summed E-state index contributed by atoms with van der Waals surface area (Å²) in [5, 5.41) is 9.55. The molecule has 0 spiro atoms. The number of nitrogens with two attached hydrogens (primary N) is 1. The predicted molar refractivity (Wildman–Crippen MR) is 87.4 cm³/mol. The zero-order chi connectivity index (χ0) is 17.6. The van der Waals surface area contributed by atoms with Crippen LogP contribution in [0.2, 0.25) is 0 Å². The normalized spacial score (nSPS) is 16.3. The zero-order valence-corrected chi connectivity index (χ0v) is 13.5. The molecule has 7 heteroatoms. The van der Waals surface area contributed by atoms with Gasteiger partial charge in [-0.3, -0.25) is 13.9 Å². The Morgan fingerprint density at radius 1 is 1.21 bits per heavy atom. The summed E-state index contributed by atoms with van der Waals surface area (Å²) < 4.78 is 7.69. The topological polar surface area (TPSA) is 103 Å². The van der Waals surface area contributed by atoms with Gasteiger partial charge in [0.2, 0.25) is 11.8 Å². The van der Waals surface area contributed by atoms with Gasteiger partial charge < -0.3 is 10.5 Å². The second-order valence-corrected chi connectivity index (χ2v) is 5.71. The Morgan fingerprint density at radius 2 is 1.88 bits per heavy atom. The van der Waals surface area contributed by atoms with Gasteiger partial charge in [0.25, 0.3) is 5.56 Å². The third kappa shape index (κ3) is 2.04. The lowest BCUT2D eigenvalue weighted by atomic mass is 9.83. The van der Waals surface area contributed by atoms with E-state index in [2.05, 4.69) is 0 Å². The van der Waals surface area contributed by atoms with Crippen molar-refractivity contribution in [3.8, 4) is 11.9 Å². The smallest absolute Gasteiger partial charge is 0.333 e. The molecule has 122 valence electrons. The van der Waals surface area contributed by atoms with E-state index in [1.807, 2.05) is 37.3 Å². The summed E-state index contributed by atoms with van der Waals surface area (Å²) in [7, 11) is 2.90. The fraction of sp³-hybridized carbons (Fsp3) is 0.235. The molecule has 2 heterocycles. The first kappa shape index (κ1) is 15.6. The minimum absolute atomic E-state index is 0.0767. The quantitative estimate of drug-likeness (QED) is 0.828. The fourth-order valence-electron chi connectivity index (χ4n) is 3.01. The molecular formula is C17H16N4O3. The highest BCUT2D eigenvalue weighted by Crippen LogP contribution is 2.40. The minimum Gasteiger partial charge on any atom is -0.423 e. The number of fused-ring (bicyclic) bond motifs is 1. The van der Waals surface area contributed by atoms with Gasteiger partial charge in [0.15, 0.2) is 0 Å². The Kier molecular flexibility index (Phi) is 3.53. The molecule has 0 saturated heterocycles. The van der Waals surface area contributed by atoms with Gasteiger partial charge in [-0.1, -0.05) is 24.3 Å². The van der Waals surface area contributed by atoms with Crippen LogP contribution >= 0.6 is 0 Å². The van der Waals surface area contributed by atoms with E-state index in [0.29, 0.717) is 0 Å². The molecule has 0 radical (unpaired) electrons. The molecule has 2 aromatic rings. The number of allylic oxidation sites excluding steroid dienone is 1. The Balaban J connectivity index is 2.47. The molecule has 0 saturated carbocycles. The molecule has 1 aromatic heterocycles. The van der Waals surface area contributed by atoms with Crippen molar-refractivity contribution in [3.63, 3.8) is 0 Å². The van der Waals surface area contributed by atoms with Crippen molar-refractivity contribution >= 4 is 0 Å². The van der Waals surface area contributed by atoms with Crippen LogP contribution in [0, 0.1) is 18.3 Å². The summed E-state index contributed by atoms with van der Waals surface area (Å²) >= 11 is 0. The van der Waals surface area contributed by atoms with Gasteiger partial charge in [-0.25, -0.2) is 4.79 Å². The molecular weight excluding hydrogens is 308 g/mol. The average molecular weight is 324 g/mol. The van der Waals surface area contributed by atoms with Crippen molar-refractivity contribution in [2.24, 2.45) is 19.8 Å². The maximum atomic E-state index is 12.7. The van der Waals surface area contributed by atoms with E-state index in [9.17, 15) is 14.9 Å². The molecule has 0 bridgehead atoms. The summed E-state index contributed by atoms with van der Waals surface area (Å²) in [4.78, 5) is 24.9. The van der Waals surface area contributed by atoms with E-state index in [4.69, 9.17) is 10.5 Å². The van der Waals surface area contributed by atoms with Crippen LogP contribution in [-0.4, -0.2) is 9.13 Å². The van der Waals surface area contributed by atoms with E-state index < -0.39 is 17.2 Å². The van der Waals surface area contributed by atoms with Gasteiger partial charge in [-0.15, -0.1) is 0 Å². The number of nitriles is 1. The van der Waals surface area contributed by atoms with Gasteiger partial charge in [-0.05, 0) is 18.1 Å². The highest BCUT2D eigenvalue weighted by Gasteiger charge is 2.36. The van der Waals surface area contributed by atoms with Crippen LogP contribution in [0.4, 0.5) is 0 Å². The lowest BCUT2D eigenvalue weighted by molar-refractivity contribution is 0.348. The SMILES string of the molecule is Cc1ccccc1[C@H]1C(C#N)=C(N)Oc2c1c(=O)n(C)c(=O)n2C. The van der Waals surface area contributed by atoms with Crippen LogP contribution in [0.15, 0.2) is 45.3 Å². The highest BCUT2D eigenvalue weighted by molar-refractivity contribution is 5.54. The van der Waals surface area contributed by atoms with Crippen molar-refractivity contribution < 1.29 is 4.74 Å². The Morgan fingerprint density at radius 3 is 2.50 bits per heavy atom. The average Bonchev–Trinajstić information content (AvgIpc) is 2.57.